The lowest BCUT2D eigenvalue weighted by Gasteiger charge is -2.14. The first-order valence-electron chi connectivity index (χ1n) is 5.47. The molecule has 3 N–H and O–H groups in total. The van der Waals surface area contributed by atoms with Crippen molar-refractivity contribution in [3.05, 3.63) is 28.2 Å². The van der Waals surface area contributed by atoms with Crippen LogP contribution in [0.1, 0.15) is 16.8 Å². The molecule has 1 rings (SSSR count). The Morgan fingerprint density at radius 2 is 2.16 bits per heavy atom. The number of aliphatic carboxylic acids is 1. The summed E-state index contributed by atoms with van der Waals surface area (Å²) in [6, 6.07) is 3.67. The normalized spacial score (nSPS) is 11.7. The van der Waals surface area contributed by atoms with Crippen molar-refractivity contribution in [2.45, 2.75) is 12.5 Å². The van der Waals surface area contributed by atoms with Crippen LogP contribution in [0.4, 0.5) is 0 Å². The Labute approximate surface area is 118 Å². The lowest BCUT2D eigenvalue weighted by atomic mass is 10.1. The maximum atomic E-state index is 12.0. The van der Waals surface area contributed by atoms with Crippen LogP contribution in [-0.4, -0.2) is 41.8 Å². The van der Waals surface area contributed by atoms with Gasteiger partial charge in [0.2, 0.25) is 0 Å². The van der Waals surface area contributed by atoms with Gasteiger partial charge >= 0.3 is 5.97 Å². The van der Waals surface area contributed by atoms with Gasteiger partial charge in [0.15, 0.2) is 0 Å². The molecule has 1 amide bonds. The van der Waals surface area contributed by atoms with Crippen LogP contribution in [0.2, 0.25) is 0 Å². The van der Waals surface area contributed by atoms with E-state index in [4.69, 9.17) is 14.9 Å². The molecule has 0 radical (unpaired) electrons. The molecular weight excluding hydrogens is 318 g/mol. The molecule has 0 heterocycles. The lowest BCUT2D eigenvalue weighted by molar-refractivity contribution is -0.139. The molecule has 0 spiro atoms. The van der Waals surface area contributed by atoms with E-state index in [0.29, 0.717) is 10.2 Å². The van der Waals surface area contributed by atoms with E-state index < -0.39 is 17.9 Å². The molecule has 0 aromatic heterocycles. The van der Waals surface area contributed by atoms with Crippen LogP contribution < -0.4 is 10.1 Å². The predicted molar refractivity (Wildman–Crippen MR) is 71.3 cm³/mol. The minimum Gasteiger partial charge on any atom is -0.497 e. The molecule has 0 bridgehead atoms. The fraction of sp³-hybridized carbons (Fsp3) is 0.333. The van der Waals surface area contributed by atoms with Gasteiger partial charge in [-0.25, -0.2) is 4.79 Å². The number of methoxy groups -OCH3 is 1. The number of amides is 1. The standard InChI is InChI=1S/C12H14BrNO5/c1-19-7-2-3-9(13)8(6-7)11(16)14-10(4-5-15)12(17)18/h2-3,6,10,15H,4-5H2,1H3,(H,14,16)(H,17,18)/t10-/m0/s1. The van der Waals surface area contributed by atoms with Crippen molar-refractivity contribution < 1.29 is 24.5 Å². The predicted octanol–water partition coefficient (Wildman–Crippen LogP) is 1.02. The molecule has 0 aliphatic heterocycles. The van der Waals surface area contributed by atoms with E-state index in [2.05, 4.69) is 21.2 Å². The average Bonchev–Trinajstić information content (AvgIpc) is 2.38. The van der Waals surface area contributed by atoms with Gasteiger partial charge in [-0.2, -0.15) is 0 Å². The second-order valence-corrected chi connectivity index (χ2v) is 4.58. The van der Waals surface area contributed by atoms with Crippen molar-refractivity contribution in [3.8, 4) is 5.75 Å². The van der Waals surface area contributed by atoms with Crippen molar-refractivity contribution in [2.24, 2.45) is 0 Å². The Morgan fingerprint density at radius 3 is 2.68 bits per heavy atom. The zero-order valence-corrected chi connectivity index (χ0v) is 11.8. The molecule has 7 heteroatoms. The highest BCUT2D eigenvalue weighted by molar-refractivity contribution is 9.10. The number of benzene rings is 1. The molecule has 0 aliphatic rings. The number of ether oxygens (including phenoxy) is 1. The number of hydrogen-bond acceptors (Lipinski definition) is 4. The molecule has 6 nitrogen and oxygen atoms in total. The molecule has 1 aromatic rings. The third kappa shape index (κ3) is 4.22. The van der Waals surface area contributed by atoms with Crippen LogP contribution in [0.3, 0.4) is 0 Å². The highest BCUT2D eigenvalue weighted by Crippen LogP contribution is 2.22. The Bertz CT molecular complexity index is 477. The molecule has 0 fully saturated rings. The zero-order valence-electron chi connectivity index (χ0n) is 10.2. The molecule has 0 aliphatic carbocycles. The number of carbonyl (C=O) groups excluding carboxylic acids is 1. The maximum Gasteiger partial charge on any atom is 0.326 e. The molecule has 19 heavy (non-hydrogen) atoms. The van der Waals surface area contributed by atoms with Crippen LogP contribution in [0, 0.1) is 0 Å². The molecule has 1 atom stereocenters. The summed E-state index contributed by atoms with van der Waals surface area (Å²) in [6.07, 6.45) is -0.0529. The Kier molecular flexibility index (Phi) is 5.78. The maximum absolute atomic E-state index is 12.0. The summed E-state index contributed by atoms with van der Waals surface area (Å²) in [6.45, 7) is -0.323. The second-order valence-electron chi connectivity index (χ2n) is 3.72. The first-order valence-corrected chi connectivity index (χ1v) is 6.27. The number of carbonyl (C=O) groups is 2. The van der Waals surface area contributed by atoms with Crippen molar-refractivity contribution in [3.63, 3.8) is 0 Å². The smallest absolute Gasteiger partial charge is 0.326 e. The number of hydrogen-bond donors (Lipinski definition) is 3. The third-order valence-electron chi connectivity index (χ3n) is 2.44. The minimum atomic E-state index is -1.19. The Hall–Kier alpha value is -1.60. The Morgan fingerprint density at radius 1 is 1.47 bits per heavy atom. The number of nitrogens with one attached hydrogen (secondary N) is 1. The summed E-state index contributed by atoms with van der Waals surface area (Å²) in [5.74, 6) is -1.25. The van der Waals surface area contributed by atoms with Gasteiger partial charge in [-0.3, -0.25) is 4.79 Å². The number of rotatable bonds is 6. The number of halogens is 1. The monoisotopic (exact) mass is 331 g/mol. The van der Waals surface area contributed by atoms with E-state index in [1.54, 1.807) is 12.1 Å². The molecule has 0 unspecified atom stereocenters. The van der Waals surface area contributed by atoms with Gasteiger partial charge in [0.1, 0.15) is 11.8 Å². The van der Waals surface area contributed by atoms with Gasteiger partial charge < -0.3 is 20.3 Å². The number of aliphatic hydroxyl groups excluding tert-OH is 1. The van der Waals surface area contributed by atoms with Crippen molar-refractivity contribution in [2.75, 3.05) is 13.7 Å². The highest BCUT2D eigenvalue weighted by atomic mass is 79.9. The van der Waals surface area contributed by atoms with Crippen molar-refractivity contribution in [1.29, 1.82) is 0 Å². The first-order chi connectivity index (χ1) is 8.99. The molecule has 104 valence electrons. The average molecular weight is 332 g/mol. The second kappa shape index (κ2) is 7.10. The van der Waals surface area contributed by atoms with Crippen LogP contribution in [-0.2, 0) is 4.79 Å². The van der Waals surface area contributed by atoms with E-state index in [0.717, 1.165) is 0 Å². The fourth-order valence-corrected chi connectivity index (χ4v) is 1.85. The number of aliphatic hydroxyl groups is 1. The number of carboxylic acid groups (broad SMARTS) is 1. The van der Waals surface area contributed by atoms with Gasteiger partial charge in [-0.1, -0.05) is 0 Å². The minimum absolute atomic E-state index is 0.0529. The zero-order chi connectivity index (χ0) is 14.4. The Balaban J connectivity index is 2.90. The van der Waals surface area contributed by atoms with Gasteiger partial charge in [-0.15, -0.1) is 0 Å². The lowest BCUT2D eigenvalue weighted by Crippen LogP contribution is -2.41. The van der Waals surface area contributed by atoms with Gasteiger partial charge in [0.25, 0.3) is 5.91 Å². The number of carboxylic acids is 1. The van der Waals surface area contributed by atoms with Crippen molar-refractivity contribution >= 4 is 27.8 Å². The summed E-state index contributed by atoms with van der Waals surface area (Å²) in [5.41, 5.74) is 0.267. The van der Waals surface area contributed by atoms with E-state index >= 15 is 0 Å². The van der Waals surface area contributed by atoms with Gasteiger partial charge in [0.05, 0.1) is 12.7 Å². The largest absolute Gasteiger partial charge is 0.497 e. The SMILES string of the molecule is COc1ccc(Br)c(C(=O)N[C@@H](CCO)C(=O)O)c1. The van der Waals surface area contributed by atoms with E-state index in [1.165, 1.54) is 13.2 Å². The van der Waals surface area contributed by atoms with Crippen LogP contribution in [0.5, 0.6) is 5.75 Å². The molecule has 0 saturated heterocycles. The van der Waals surface area contributed by atoms with Gasteiger partial charge in [0, 0.05) is 17.5 Å². The summed E-state index contributed by atoms with van der Waals surface area (Å²) < 4.78 is 5.53. The van der Waals surface area contributed by atoms with Crippen LogP contribution in [0.15, 0.2) is 22.7 Å². The highest BCUT2D eigenvalue weighted by Gasteiger charge is 2.21. The summed E-state index contributed by atoms with van der Waals surface area (Å²) in [7, 11) is 1.47. The van der Waals surface area contributed by atoms with Crippen LogP contribution in [0.25, 0.3) is 0 Å². The van der Waals surface area contributed by atoms with Crippen LogP contribution >= 0.6 is 15.9 Å². The van der Waals surface area contributed by atoms with Gasteiger partial charge in [-0.05, 0) is 34.1 Å². The molecule has 0 saturated carbocycles. The fourth-order valence-electron chi connectivity index (χ4n) is 1.43. The summed E-state index contributed by atoms with van der Waals surface area (Å²) in [5, 5.41) is 20.0. The van der Waals surface area contributed by atoms with E-state index in [-0.39, 0.29) is 18.6 Å². The third-order valence-corrected chi connectivity index (χ3v) is 3.13. The molecular formula is C12H14BrNO5. The first kappa shape index (κ1) is 15.5. The quantitative estimate of drug-likeness (QED) is 0.723. The summed E-state index contributed by atoms with van der Waals surface area (Å²) >= 11 is 3.21. The van der Waals surface area contributed by atoms with E-state index in [1.807, 2.05) is 0 Å². The van der Waals surface area contributed by atoms with Crippen molar-refractivity contribution in [1.82, 2.24) is 5.32 Å². The molecule has 1 aromatic carbocycles. The summed E-state index contributed by atoms with van der Waals surface area (Å²) in [4.78, 5) is 22.9. The van der Waals surface area contributed by atoms with E-state index in [9.17, 15) is 9.59 Å². The topological polar surface area (TPSA) is 95.9 Å².